The highest BCUT2D eigenvalue weighted by molar-refractivity contribution is 5.85. The summed E-state index contributed by atoms with van der Waals surface area (Å²) < 4.78 is 0. The summed E-state index contributed by atoms with van der Waals surface area (Å²) in [5.41, 5.74) is -0.383. The molecule has 0 unspecified atom stereocenters. The van der Waals surface area contributed by atoms with Crippen LogP contribution in [0.5, 0.6) is 0 Å². The Morgan fingerprint density at radius 1 is 1.35 bits per heavy atom. The molecule has 0 saturated carbocycles. The number of carbonyl (C=O) groups excluding carboxylic acids is 1. The summed E-state index contributed by atoms with van der Waals surface area (Å²) >= 11 is 0. The molecule has 1 rings (SSSR count). The first kappa shape index (κ1) is 14.5. The van der Waals surface area contributed by atoms with Crippen LogP contribution in [0.1, 0.15) is 27.7 Å². The zero-order chi connectivity index (χ0) is 13.1. The van der Waals surface area contributed by atoms with E-state index in [1.54, 1.807) is 0 Å². The molecule has 1 aliphatic rings. The van der Waals surface area contributed by atoms with E-state index in [-0.39, 0.29) is 11.4 Å². The second-order valence-corrected chi connectivity index (χ2v) is 5.88. The van der Waals surface area contributed by atoms with Gasteiger partial charge >= 0.3 is 0 Å². The van der Waals surface area contributed by atoms with Crippen molar-refractivity contribution in [2.24, 2.45) is 5.92 Å². The van der Waals surface area contributed by atoms with Crippen molar-refractivity contribution >= 4 is 5.91 Å². The first-order chi connectivity index (χ1) is 7.85. The molecule has 4 heteroatoms. The molecule has 1 aliphatic heterocycles. The number of piperazine rings is 1. The topological polar surface area (TPSA) is 35.6 Å². The molecule has 0 radical (unpaired) electrons. The van der Waals surface area contributed by atoms with E-state index >= 15 is 0 Å². The number of hydrogen-bond donors (Lipinski definition) is 1. The lowest BCUT2D eigenvalue weighted by Crippen LogP contribution is -2.60. The second kappa shape index (κ2) is 5.83. The number of amides is 1. The maximum absolute atomic E-state index is 12.5. The first-order valence-corrected chi connectivity index (χ1v) is 6.57. The van der Waals surface area contributed by atoms with Gasteiger partial charge in [0.2, 0.25) is 5.91 Å². The summed E-state index contributed by atoms with van der Waals surface area (Å²) in [5, 5.41) is 3.32. The van der Waals surface area contributed by atoms with Gasteiger partial charge in [0, 0.05) is 39.8 Å². The number of carbonyl (C=O) groups is 1. The number of nitrogens with zero attached hydrogens (tertiary/aromatic N) is 2. The maximum atomic E-state index is 12.5. The van der Waals surface area contributed by atoms with Gasteiger partial charge in [-0.3, -0.25) is 9.69 Å². The minimum atomic E-state index is -0.383. The summed E-state index contributed by atoms with van der Waals surface area (Å²) in [4.78, 5) is 16.6. The molecule has 1 saturated heterocycles. The lowest BCUT2D eigenvalue weighted by atomic mass is 9.99. The van der Waals surface area contributed by atoms with Gasteiger partial charge in [-0.1, -0.05) is 13.8 Å². The van der Waals surface area contributed by atoms with E-state index in [0.29, 0.717) is 5.92 Å². The average Bonchev–Trinajstić information content (AvgIpc) is 2.28. The summed E-state index contributed by atoms with van der Waals surface area (Å²) in [6, 6.07) is 0. The largest absolute Gasteiger partial charge is 0.344 e. The van der Waals surface area contributed by atoms with E-state index in [4.69, 9.17) is 0 Å². The van der Waals surface area contributed by atoms with E-state index in [1.807, 2.05) is 25.8 Å². The lowest BCUT2D eigenvalue weighted by Gasteiger charge is -2.42. The fourth-order valence-corrected chi connectivity index (χ4v) is 2.46. The fraction of sp³-hybridized carbons (Fsp3) is 0.923. The Morgan fingerprint density at radius 2 is 1.88 bits per heavy atom. The quantitative estimate of drug-likeness (QED) is 0.790. The second-order valence-electron chi connectivity index (χ2n) is 5.88. The molecule has 1 heterocycles. The summed E-state index contributed by atoms with van der Waals surface area (Å²) in [7, 11) is 1.91. The van der Waals surface area contributed by atoms with Crippen LogP contribution in [0, 0.1) is 5.92 Å². The molecule has 0 aliphatic carbocycles. The van der Waals surface area contributed by atoms with Crippen LogP contribution >= 0.6 is 0 Å². The van der Waals surface area contributed by atoms with Crippen LogP contribution < -0.4 is 5.32 Å². The van der Waals surface area contributed by atoms with Crippen LogP contribution in [0.3, 0.4) is 0 Å². The molecule has 17 heavy (non-hydrogen) atoms. The smallest absolute Gasteiger partial charge is 0.242 e. The minimum absolute atomic E-state index is 0.230. The van der Waals surface area contributed by atoms with Gasteiger partial charge in [-0.15, -0.1) is 0 Å². The molecule has 0 aromatic heterocycles. The third-order valence-corrected chi connectivity index (χ3v) is 3.42. The molecule has 1 amide bonds. The molecule has 0 atom stereocenters. The van der Waals surface area contributed by atoms with Crippen LogP contribution in [0.25, 0.3) is 0 Å². The van der Waals surface area contributed by atoms with Gasteiger partial charge in [0.05, 0.1) is 5.54 Å². The predicted octanol–water partition coefficient (Wildman–Crippen LogP) is 0.785. The van der Waals surface area contributed by atoms with E-state index in [2.05, 4.69) is 24.1 Å². The minimum Gasteiger partial charge on any atom is -0.344 e. The van der Waals surface area contributed by atoms with Crippen molar-refractivity contribution in [2.45, 2.75) is 33.2 Å². The number of likely N-dealkylation sites (N-methyl/N-ethyl adjacent to an activating group) is 1. The molecule has 0 aromatic rings. The predicted molar refractivity (Wildman–Crippen MR) is 71.0 cm³/mol. The van der Waals surface area contributed by atoms with E-state index < -0.39 is 0 Å². The molecule has 0 spiro atoms. The Morgan fingerprint density at radius 3 is 2.35 bits per heavy atom. The van der Waals surface area contributed by atoms with Crippen LogP contribution in [0.15, 0.2) is 0 Å². The maximum Gasteiger partial charge on any atom is 0.242 e. The number of rotatable bonds is 4. The van der Waals surface area contributed by atoms with Crippen molar-refractivity contribution in [1.82, 2.24) is 15.1 Å². The third-order valence-electron chi connectivity index (χ3n) is 3.42. The average molecular weight is 241 g/mol. The monoisotopic (exact) mass is 241 g/mol. The van der Waals surface area contributed by atoms with Crippen molar-refractivity contribution < 1.29 is 4.79 Å². The molecular weight excluding hydrogens is 214 g/mol. The molecule has 4 nitrogen and oxygen atoms in total. The van der Waals surface area contributed by atoms with Crippen LogP contribution in [0.2, 0.25) is 0 Å². The Kier molecular flexibility index (Phi) is 4.95. The van der Waals surface area contributed by atoms with Gasteiger partial charge in [-0.25, -0.2) is 0 Å². The van der Waals surface area contributed by atoms with Crippen molar-refractivity contribution in [2.75, 3.05) is 39.8 Å². The normalized spacial score (nSPS) is 18.5. The standard InChI is InChI=1S/C13H27N3O/c1-11(2)10-15(5)12(17)13(3,4)16-8-6-14-7-9-16/h11,14H,6-10H2,1-5H3. The van der Waals surface area contributed by atoms with Crippen molar-refractivity contribution in [3.63, 3.8) is 0 Å². The molecule has 1 N–H and O–H groups in total. The first-order valence-electron chi connectivity index (χ1n) is 6.57. The van der Waals surface area contributed by atoms with Gasteiger partial charge in [0.1, 0.15) is 0 Å². The Labute approximate surface area is 105 Å². The number of nitrogens with one attached hydrogen (secondary N) is 1. The fourth-order valence-electron chi connectivity index (χ4n) is 2.46. The molecule has 100 valence electrons. The third kappa shape index (κ3) is 3.68. The van der Waals surface area contributed by atoms with Gasteiger partial charge in [-0.05, 0) is 19.8 Å². The van der Waals surface area contributed by atoms with Gasteiger partial charge in [0.25, 0.3) is 0 Å². The summed E-state index contributed by atoms with van der Waals surface area (Å²) in [5.74, 6) is 0.746. The van der Waals surface area contributed by atoms with E-state index in [0.717, 1.165) is 32.7 Å². The molecular formula is C13H27N3O. The molecule has 1 fully saturated rings. The molecule has 0 aromatic carbocycles. The van der Waals surface area contributed by atoms with Crippen LogP contribution in [-0.2, 0) is 4.79 Å². The van der Waals surface area contributed by atoms with Gasteiger partial charge < -0.3 is 10.2 Å². The Hall–Kier alpha value is -0.610. The summed E-state index contributed by atoms with van der Waals surface area (Å²) in [6.07, 6.45) is 0. The highest BCUT2D eigenvalue weighted by Crippen LogP contribution is 2.18. The van der Waals surface area contributed by atoms with E-state index in [1.165, 1.54) is 0 Å². The zero-order valence-electron chi connectivity index (χ0n) is 11.9. The van der Waals surface area contributed by atoms with E-state index in [9.17, 15) is 4.79 Å². The van der Waals surface area contributed by atoms with Crippen LogP contribution in [-0.4, -0.2) is 61.0 Å². The van der Waals surface area contributed by atoms with Crippen molar-refractivity contribution in [1.29, 1.82) is 0 Å². The SMILES string of the molecule is CC(C)CN(C)C(=O)C(C)(C)N1CCNCC1. The molecule has 0 bridgehead atoms. The lowest BCUT2D eigenvalue weighted by molar-refractivity contribution is -0.142. The Bertz CT molecular complexity index is 257. The highest BCUT2D eigenvalue weighted by atomic mass is 16.2. The van der Waals surface area contributed by atoms with Gasteiger partial charge in [0.15, 0.2) is 0 Å². The van der Waals surface area contributed by atoms with Crippen molar-refractivity contribution in [3.05, 3.63) is 0 Å². The van der Waals surface area contributed by atoms with Crippen molar-refractivity contribution in [3.8, 4) is 0 Å². The number of hydrogen-bond acceptors (Lipinski definition) is 3. The zero-order valence-corrected chi connectivity index (χ0v) is 11.9. The summed E-state index contributed by atoms with van der Waals surface area (Å²) in [6.45, 7) is 13.0. The van der Waals surface area contributed by atoms with Gasteiger partial charge in [-0.2, -0.15) is 0 Å². The highest BCUT2D eigenvalue weighted by Gasteiger charge is 2.37. The Balaban J connectivity index is 2.64. The van der Waals surface area contributed by atoms with Crippen LogP contribution in [0.4, 0.5) is 0 Å².